The van der Waals surface area contributed by atoms with Gasteiger partial charge in [0, 0.05) is 11.6 Å². The van der Waals surface area contributed by atoms with Gasteiger partial charge in [0.15, 0.2) is 6.61 Å². The molecule has 7 nitrogen and oxygen atoms in total. The SMILES string of the molecule is COc1ccc(NC(=O)CO/N=C\c2ccccc2OC(F)F)c(OC)c1. The van der Waals surface area contributed by atoms with Gasteiger partial charge in [-0.1, -0.05) is 17.3 Å². The van der Waals surface area contributed by atoms with Crippen molar-refractivity contribution in [3.8, 4) is 17.2 Å². The first-order chi connectivity index (χ1) is 13.0. The van der Waals surface area contributed by atoms with Gasteiger partial charge in [-0.2, -0.15) is 8.78 Å². The molecule has 27 heavy (non-hydrogen) atoms. The van der Waals surface area contributed by atoms with Crippen molar-refractivity contribution in [2.75, 3.05) is 26.1 Å². The fourth-order valence-electron chi connectivity index (χ4n) is 2.07. The van der Waals surface area contributed by atoms with Gasteiger partial charge < -0.3 is 24.4 Å². The summed E-state index contributed by atoms with van der Waals surface area (Å²) in [6, 6.07) is 11.0. The van der Waals surface area contributed by atoms with Gasteiger partial charge in [-0.05, 0) is 24.3 Å². The van der Waals surface area contributed by atoms with Crippen LogP contribution < -0.4 is 19.5 Å². The van der Waals surface area contributed by atoms with E-state index < -0.39 is 12.5 Å². The number of rotatable bonds is 9. The Morgan fingerprint density at radius 1 is 1.15 bits per heavy atom. The lowest BCUT2D eigenvalue weighted by atomic mass is 10.2. The van der Waals surface area contributed by atoms with E-state index in [0.717, 1.165) is 0 Å². The van der Waals surface area contributed by atoms with Gasteiger partial charge in [0.1, 0.15) is 17.2 Å². The molecule has 0 saturated carbocycles. The van der Waals surface area contributed by atoms with Crippen molar-refractivity contribution >= 4 is 17.8 Å². The summed E-state index contributed by atoms with van der Waals surface area (Å²) in [5, 5.41) is 6.21. The summed E-state index contributed by atoms with van der Waals surface area (Å²) in [5.74, 6) is 0.472. The van der Waals surface area contributed by atoms with E-state index >= 15 is 0 Å². The monoisotopic (exact) mass is 380 g/mol. The Morgan fingerprint density at radius 2 is 1.93 bits per heavy atom. The van der Waals surface area contributed by atoms with Crippen LogP contribution in [-0.4, -0.2) is 39.6 Å². The highest BCUT2D eigenvalue weighted by molar-refractivity contribution is 5.93. The van der Waals surface area contributed by atoms with Crippen LogP contribution in [0.4, 0.5) is 14.5 Å². The van der Waals surface area contributed by atoms with Crippen LogP contribution in [0.2, 0.25) is 0 Å². The first kappa shape index (κ1) is 20.0. The van der Waals surface area contributed by atoms with Crippen LogP contribution in [0, 0.1) is 0 Å². The topological polar surface area (TPSA) is 78.4 Å². The molecule has 0 spiro atoms. The molecule has 2 aromatic carbocycles. The van der Waals surface area contributed by atoms with E-state index in [0.29, 0.717) is 17.2 Å². The molecular formula is C18H18F2N2O5. The van der Waals surface area contributed by atoms with Gasteiger partial charge in [-0.3, -0.25) is 4.79 Å². The summed E-state index contributed by atoms with van der Waals surface area (Å²) < 4.78 is 39.3. The summed E-state index contributed by atoms with van der Waals surface area (Å²) >= 11 is 0. The second kappa shape index (κ2) is 9.95. The molecule has 0 aliphatic rings. The third-order valence-electron chi connectivity index (χ3n) is 3.28. The van der Waals surface area contributed by atoms with E-state index in [4.69, 9.17) is 14.3 Å². The summed E-state index contributed by atoms with van der Waals surface area (Å²) in [6.45, 7) is -3.34. The summed E-state index contributed by atoms with van der Waals surface area (Å²) in [6.07, 6.45) is 1.18. The number of ether oxygens (including phenoxy) is 3. The highest BCUT2D eigenvalue weighted by Gasteiger charge is 2.10. The van der Waals surface area contributed by atoms with E-state index in [2.05, 4.69) is 15.2 Å². The number of alkyl halides is 2. The molecule has 0 fully saturated rings. The Hall–Kier alpha value is -3.36. The number of anilines is 1. The molecule has 2 aromatic rings. The summed E-state index contributed by atoms with van der Waals surface area (Å²) in [7, 11) is 2.98. The van der Waals surface area contributed by atoms with Gasteiger partial charge in [-0.25, -0.2) is 0 Å². The van der Waals surface area contributed by atoms with Crippen molar-refractivity contribution in [3.63, 3.8) is 0 Å². The van der Waals surface area contributed by atoms with E-state index in [1.807, 2.05) is 0 Å². The Labute approximate surface area is 154 Å². The molecule has 1 N–H and O–H groups in total. The van der Waals surface area contributed by atoms with Gasteiger partial charge in [0.25, 0.3) is 5.91 Å². The minimum absolute atomic E-state index is 0.0488. The number of hydrogen-bond donors (Lipinski definition) is 1. The lowest BCUT2D eigenvalue weighted by Crippen LogP contribution is -2.17. The second-order valence-corrected chi connectivity index (χ2v) is 5.04. The third-order valence-corrected chi connectivity index (χ3v) is 3.28. The summed E-state index contributed by atoms with van der Waals surface area (Å²) in [4.78, 5) is 16.8. The lowest BCUT2D eigenvalue weighted by molar-refractivity contribution is -0.120. The van der Waals surface area contributed by atoms with Gasteiger partial charge in [-0.15, -0.1) is 0 Å². The zero-order chi connectivity index (χ0) is 19.6. The van der Waals surface area contributed by atoms with Gasteiger partial charge >= 0.3 is 6.61 Å². The summed E-state index contributed by atoms with van der Waals surface area (Å²) in [5.41, 5.74) is 0.724. The largest absolute Gasteiger partial charge is 0.497 e. The number of hydrogen-bond acceptors (Lipinski definition) is 6. The first-order valence-corrected chi connectivity index (χ1v) is 7.74. The molecule has 0 radical (unpaired) electrons. The number of benzene rings is 2. The molecule has 144 valence electrons. The molecule has 9 heteroatoms. The number of methoxy groups -OCH3 is 2. The number of nitrogens with one attached hydrogen (secondary N) is 1. The van der Waals surface area contributed by atoms with E-state index in [1.165, 1.54) is 32.6 Å². The Kier molecular flexibility index (Phi) is 7.36. The number of carbonyl (C=O) groups excluding carboxylic acids is 1. The van der Waals surface area contributed by atoms with Crippen LogP contribution in [0.25, 0.3) is 0 Å². The molecule has 0 atom stereocenters. The minimum atomic E-state index is -2.95. The Balaban J connectivity index is 1.91. The normalized spacial score (nSPS) is 10.7. The maximum absolute atomic E-state index is 12.3. The van der Waals surface area contributed by atoms with Crippen LogP contribution in [0.15, 0.2) is 47.6 Å². The maximum Gasteiger partial charge on any atom is 0.387 e. The quantitative estimate of drug-likeness (QED) is 0.534. The van der Waals surface area contributed by atoms with Crippen molar-refractivity contribution in [1.82, 2.24) is 0 Å². The number of oxime groups is 1. The maximum atomic E-state index is 12.3. The fraction of sp³-hybridized carbons (Fsp3) is 0.222. The Morgan fingerprint density at radius 3 is 2.63 bits per heavy atom. The standard InChI is InChI=1S/C18H18F2N2O5/c1-24-13-7-8-14(16(9-13)25-2)22-17(23)11-26-21-10-12-5-3-4-6-15(12)27-18(19)20/h3-10,18H,11H2,1-2H3,(H,22,23)/b21-10-. The average molecular weight is 380 g/mol. The smallest absolute Gasteiger partial charge is 0.387 e. The molecule has 0 heterocycles. The van der Waals surface area contributed by atoms with E-state index in [1.54, 1.807) is 30.3 Å². The molecule has 1 amide bonds. The average Bonchev–Trinajstić information content (AvgIpc) is 2.66. The highest BCUT2D eigenvalue weighted by atomic mass is 19.3. The van der Waals surface area contributed by atoms with Crippen LogP contribution in [-0.2, 0) is 9.63 Å². The third kappa shape index (κ3) is 6.14. The Bertz CT molecular complexity index is 799. The van der Waals surface area contributed by atoms with Crippen LogP contribution >= 0.6 is 0 Å². The van der Waals surface area contributed by atoms with Crippen molar-refractivity contribution in [1.29, 1.82) is 0 Å². The van der Waals surface area contributed by atoms with Crippen molar-refractivity contribution in [3.05, 3.63) is 48.0 Å². The predicted molar refractivity (Wildman–Crippen MR) is 94.8 cm³/mol. The molecular weight excluding hydrogens is 362 g/mol. The zero-order valence-corrected chi connectivity index (χ0v) is 14.6. The number of nitrogens with zero attached hydrogens (tertiary/aromatic N) is 1. The van der Waals surface area contributed by atoms with E-state index in [9.17, 15) is 13.6 Å². The number of carbonyl (C=O) groups is 1. The van der Waals surface area contributed by atoms with Crippen molar-refractivity contribution in [2.45, 2.75) is 6.61 Å². The van der Waals surface area contributed by atoms with Crippen LogP contribution in [0.1, 0.15) is 5.56 Å². The highest BCUT2D eigenvalue weighted by Crippen LogP contribution is 2.28. The molecule has 0 saturated heterocycles. The molecule has 0 unspecified atom stereocenters. The van der Waals surface area contributed by atoms with Crippen LogP contribution in [0.5, 0.6) is 17.2 Å². The molecule has 0 aromatic heterocycles. The van der Waals surface area contributed by atoms with Crippen molar-refractivity contribution in [2.24, 2.45) is 5.16 Å². The molecule has 0 aliphatic carbocycles. The number of para-hydroxylation sites is 1. The van der Waals surface area contributed by atoms with Gasteiger partial charge in [0.2, 0.25) is 0 Å². The minimum Gasteiger partial charge on any atom is -0.497 e. The zero-order valence-electron chi connectivity index (χ0n) is 14.6. The first-order valence-electron chi connectivity index (χ1n) is 7.74. The fourth-order valence-corrected chi connectivity index (χ4v) is 2.07. The molecule has 2 rings (SSSR count). The van der Waals surface area contributed by atoms with Crippen LogP contribution in [0.3, 0.4) is 0 Å². The molecule has 0 bridgehead atoms. The van der Waals surface area contributed by atoms with Crippen molar-refractivity contribution < 1.29 is 32.6 Å². The molecule has 0 aliphatic heterocycles. The van der Waals surface area contributed by atoms with Gasteiger partial charge in [0.05, 0.1) is 26.1 Å². The second-order valence-electron chi connectivity index (χ2n) is 5.04. The van der Waals surface area contributed by atoms with E-state index in [-0.39, 0.29) is 17.9 Å². The number of halogens is 2. The number of amides is 1. The predicted octanol–water partition coefficient (Wildman–Crippen LogP) is 3.29. The lowest BCUT2D eigenvalue weighted by Gasteiger charge is -2.11.